The van der Waals surface area contributed by atoms with Gasteiger partial charge in [-0.1, -0.05) is 34.1 Å². The van der Waals surface area contributed by atoms with Gasteiger partial charge in [0.25, 0.3) is 0 Å². The highest BCUT2D eigenvalue weighted by atomic mass is 15.3. The Morgan fingerprint density at radius 2 is 2.05 bits per heavy atom. The first kappa shape index (κ1) is 16.0. The number of hydrogen-bond acceptors (Lipinski definition) is 5. The van der Waals surface area contributed by atoms with Crippen molar-refractivity contribution in [3.63, 3.8) is 0 Å². The molecule has 1 fully saturated rings. The molecule has 0 aromatic carbocycles. The highest BCUT2D eigenvalue weighted by Crippen LogP contribution is 2.25. The van der Waals surface area contributed by atoms with Crippen molar-refractivity contribution in [2.45, 2.75) is 52.0 Å². The number of nitrogens with one attached hydrogen (secondary N) is 2. The van der Waals surface area contributed by atoms with Crippen LogP contribution in [-0.2, 0) is 5.41 Å². The Bertz CT molecular complexity index is 462. The summed E-state index contributed by atoms with van der Waals surface area (Å²) in [6.07, 6.45) is 2.34. The Morgan fingerprint density at radius 1 is 1.33 bits per heavy atom. The van der Waals surface area contributed by atoms with E-state index in [0.29, 0.717) is 6.04 Å². The van der Waals surface area contributed by atoms with E-state index < -0.39 is 0 Å². The van der Waals surface area contributed by atoms with E-state index in [1.165, 1.54) is 6.42 Å². The number of rotatable bonds is 6. The lowest BCUT2D eigenvalue weighted by Crippen LogP contribution is -2.51. The summed E-state index contributed by atoms with van der Waals surface area (Å²) >= 11 is 0. The first-order valence-corrected chi connectivity index (χ1v) is 7.98. The smallest absolute Gasteiger partial charge is 0.227 e. The molecule has 2 heterocycles. The molecule has 5 nitrogen and oxygen atoms in total. The zero-order valence-corrected chi connectivity index (χ0v) is 14.0. The van der Waals surface area contributed by atoms with E-state index in [2.05, 4.69) is 56.3 Å². The molecular weight excluding hydrogens is 262 g/mol. The molecule has 1 aromatic heterocycles. The van der Waals surface area contributed by atoms with E-state index >= 15 is 0 Å². The molecule has 21 heavy (non-hydrogen) atoms. The monoisotopic (exact) mass is 291 g/mol. The van der Waals surface area contributed by atoms with Gasteiger partial charge in [0.1, 0.15) is 5.82 Å². The van der Waals surface area contributed by atoms with E-state index in [1.54, 1.807) is 0 Å². The van der Waals surface area contributed by atoms with Gasteiger partial charge in [-0.2, -0.15) is 4.98 Å². The molecule has 1 aliphatic rings. The second-order valence-electron chi connectivity index (χ2n) is 6.96. The largest absolute Gasteiger partial charge is 0.365 e. The normalized spacial score (nSPS) is 15.7. The van der Waals surface area contributed by atoms with E-state index in [0.717, 1.165) is 43.5 Å². The van der Waals surface area contributed by atoms with Crippen molar-refractivity contribution in [1.29, 1.82) is 0 Å². The highest BCUT2D eigenvalue weighted by molar-refractivity contribution is 5.46. The Morgan fingerprint density at radius 3 is 2.57 bits per heavy atom. The van der Waals surface area contributed by atoms with Gasteiger partial charge in [0.2, 0.25) is 5.95 Å². The maximum atomic E-state index is 4.77. The molecular formula is C16H29N5. The third-order valence-electron chi connectivity index (χ3n) is 3.80. The van der Waals surface area contributed by atoms with E-state index in [9.17, 15) is 0 Å². The maximum Gasteiger partial charge on any atom is 0.227 e. The minimum absolute atomic E-state index is 0.0254. The van der Waals surface area contributed by atoms with Crippen LogP contribution in [0.3, 0.4) is 0 Å². The first-order chi connectivity index (χ1) is 9.90. The molecule has 5 heteroatoms. The number of aromatic nitrogens is 2. The average molecular weight is 291 g/mol. The summed E-state index contributed by atoms with van der Waals surface area (Å²) in [6, 6.07) is 2.58. The summed E-state index contributed by atoms with van der Waals surface area (Å²) in [4.78, 5) is 11.6. The van der Waals surface area contributed by atoms with Gasteiger partial charge in [0, 0.05) is 38.2 Å². The molecule has 0 aliphatic carbocycles. The molecule has 0 saturated carbocycles. The summed E-state index contributed by atoms with van der Waals surface area (Å²) in [6.45, 7) is 11.8. The topological polar surface area (TPSA) is 53.1 Å². The summed E-state index contributed by atoms with van der Waals surface area (Å²) in [5, 5.41) is 6.78. The third-order valence-corrected chi connectivity index (χ3v) is 3.80. The van der Waals surface area contributed by atoms with Crippen molar-refractivity contribution in [3.8, 4) is 0 Å². The Kier molecular flexibility index (Phi) is 5.04. The predicted octanol–water partition coefficient (Wildman–Crippen LogP) is 2.39. The molecule has 1 aromatic rings. The van der Waals surface area contributed by atoms with Crippen molar-refractivity contribution in [2.24, 2.45) is 0 Å². The third kappa shape index (κ3) is 4.30. The van der Waals surface area contributed by atoms with Crippen molar-refractivity contribution < 1.29 is 0 Å². The van der Waals surface area contributed by atoms with Gasteiger partial charge in [-0.05, 0) is 6.42 Å². The first-order valence-electron chi connectivity index (χ1n) is 7.98. The van der Waals surface area contributed by atoms with Crippen molar-refractivity contribution in [1.82, 2.24) is 15.3 Å². The number of hydrogen-bond donors (Lipinski definition) is 2. The SMILES string of the molecule is CCCCN(C)c1nc(NC2CNC2)cc(C(C)(C)C)n1. The fourth-order valence-electron chi connectivity index (χ4n) is 2.16. The van der Waals surface area contributed by atoms with Gasteiger partial charge in [-0.3, -0.25) is 0 Å². The maximum absolute atomic E-state index is 4.77. The quantitative estimate of drug-likeness (QED) is 0.843. The fraction of sp³-hybridized carbons (Fsp3) is 0.750. The Labute approximate surface area is 128 Å². The molecule has 0 amide bonds. The fourth-order valence-corrected chi connectivity index (χ4v) is 2.16. The lowest BCUT2D eigenvalue weighted by molar-refractivity contribution is 0.470. The zero-order valence-electron chi connectivity index (χ0n) is 14.0. The van der Waals surface area contributed by atoms with Crippen LogP contribution in [0, 0.1) is 0 Å². The van der Waals surface area contributed by atoms with Gasteiger partial charge >= 0.3 is 0 Å². The van der Waals surface area contributed by atoms with Crippen LogP contribution in [0.5, 0.6) is 0 Å². The molecule has 118 valence electrons. The summed E-state index contributed by atoms with van der Waals surface area (Å²) in [5.74, 6) is 1.77. The van der Waals surface area contributed by atoms with Crippen molar-refractivity contribution in [2.75, 3.05) is 36.9 Å². The van der Waals surface area contributed by atoms with Crippen LogP contribution in [0.25, 0.3) is 0 Å². The summed E-state index contributed by atoms with van der Waals surface area (Å²) in [5.41, 5.74) is 1.11. The van der Waals surface area contributed by atoms with E-state index in [-0.39, 0.29) is 5.41 Å². The second kappa shape index (κ2) is 6.60. The predicted molar refractivity (Wildman–Crippen MR) is 89.2 cm³/mol. The minimum atomic E-state index is 0.0254. The zero-order chi connectivity index (χ0) is 15.5. The summed E-state index contributed by atoms with van der Waals surface area (Å²) < 4.78 is 0. The second-order valence-corrected chi connectivity index (χ2v) is 6.96. The van der Waals surface area contributed by atoms with Crippen molar-refractivity contribution >= 4 is 11.8 Å². The Hall–Kier alpha value is -1.36. The molecule has 0 bridgehead atoms. The van der Waals surface area contributed by atoms with E-state index in [4.69, 9.17) is 9.97 Å². The molecule has 0 atom stereocenters. The molecule has 1 aliphatic heterocycles. The van der Waals surface area contributed by atoms with Crippen LogP contribution in [0.15, 0.2) is 6.07 Å². The van der Waals surface area contributed by atoms with Crippen LogP contribution in [0.1, 0.15) is 46.2 Å². The molecule has 2 N–H and O–H groups in total. The van der Waals surface area contributed by atoms with Crippen LogP contribution in [0.2, 0.25) is 0 Å². The molecule has 0 unspecified atom stereocenters. The van der Waals surface area contributed by atoms with Gasteiger partial charge < -0.3 is 15.5 Å². The molecule has 0 radical (unpaired) electrons. The van der Waals surface area contributed by atoms with Gasteiger partial charge in [0.05, 0.1) is 11.7 Å². The van der Waals surface area contributed by atoms with Gasteiger partial charge in [-0.15, -0.1) is 0 Å². The number of nitrogens with zero attached hydrogens (tertiary/aromatic N) is 3. The molecule has 0 spiro atoms. The highest BCUT2D eigenvalue weighted by Gasteiger charge is 2.22. The van der Waals surface area contributed by atoms with Crippen LogP contribution >= 0.6 is 0 Å². The Balaban J connectivity index is 2.23. The standard InChI is InChI=1S/C16H29N5/c1-6-7-8-21(5)15-19-13(16(2,3)4)9-14(20-15)18-12-10-17-11-12/h9,12,17H,6-8,10-11H2,1-5H3,(H,18,19,20). The van der Waals surface area contributed by atoms with E-state index in [1.807, 2.05) is 0 Å². The summed E-state index contributed by atoms with van der Waals surface area (Å²) in [7, 11) is 2.08. The average Bonchev–Trinajstić information content (AvgIpc) is 2.39. The molecule has 1 saturated heterocycles. The van der Waals surface area contributed by atoms with Gasteiger partial charge in [-0.25, -0.2) is 4.98 Å². The number of anilines is 2. The number of unbranched alkanes of at least 4 members (excludes halogenated alkanes) is 1. The van der Waals surface area contributed by atoms with Crippen LogP contribution in [0.4, 0.5) is 11.8 Å². The lowest BCUT2D eigenvalue weighted by Gasteiger charge is -2.30. The lowest BCUT2D eigenvalue weighted by atomic mass is 9.92. The molecule has 2 rings (SSSR count). The van der Waals surface area contributed by atoms with Crippen LogP contribution in [-0.4, -0.2) is 42.7 Å². The minimum Gasteiger partial charge on any atom is -0.365 e. The van der Waals surface area contributed by atoms with Crippen LogP contribution < -0.4 is 15.5 Å². The van der Waals surface area contributed by atoms with Gasteiger partial charge in [0.15, 0.2) is 0 Å². The van der Waals surface area contributed by atoms with Crippen molar-refractivity contribution in [3.05, 3.63) is 11.8 Å².